The molecule has 0 aliphatic heterocycles. The van der Waals surface area contributed by atoms with E-state index >= 15 is 0 Å². The molecule has 7 heteroatoms. The molecular formula is C16H16ClN3O2S. The summed E-state index contributed by atoms with van der Waals surface area (Å²) in [7, 11) is 1.58. The van der Waals surface area contributed by atoms with Crippen molar-refractivity contribution in [3.05, 3.63) is 53.1 Å². The lowest BCUT2D eigenvalue weighted by molar-refractivity contribution is 0.417. The fourth-order valence-corrected chi connectivity index (χ4v) is 2.22. The molecule has 0 saturated heterocycles. The molecule has 0 aromatic heterocycles. The number of rotatable bonds is 4. The third-order valence-electron chi connectivity index (χ3n) is 3.03. The van der Waals surface area contributed by atoms with Crippen LogP contribution in [0.3, 0.4) is 0 Å². The summed E-state index contributed by atoms with van der Waals surface area (Å²) in [6, 6.07) is 12.2. The van der Waals surface area contributed by atoms with Gasteiger partial charge < -0.3 is 15.2 Å². The van der Waals surface area contributed by atoms with Gasteiger partial charge >= 0.3 is 0 Å². The van der Waals surface area contributed by atoms with E-state index in [4.69, 9.17) is 28.6 Å². The number of aromatic hydroxyl groups is 1. The zero-order valence-corrected chi connectivity index (χ0v) is 14.2. The molecule has 0 radical (unpaired) electrons. The van der Waals surface area contributed by atoms with Crippen molar-refractivity contribution >= 4 is 40.3 Å². The van der Waals surface area contributed by atoms with E-state index in [9.17, 15) is 5.11 Å². The Morgan fingerprint density at radius 1 is 1.26 bits per heavy atom. The summed E-state index contributed by atoms with van der Waals surface area (Å²) in [4.78, 5) is 0. The molecule has 5 nitrogen and oxygen atoms in total. The van der Waals surface area contributed by atoms with Crippen molar-refractivity contribution in [1.82, 2.24) is 5.43 Å². The lowest BCUT2D eigenvalue weighted by Gasteiger charge is -2.11. The number of halogens is 1. The fraction of sp³-hybridized carbons (Fsp3) is 0.125. The number of phenolic OH excluding ortho intramolecular Hbond substituents is 1. The first-order valence-corrected chi connectivity index (χ1v) is 7.53. The highest BCUT2D eigenvalue weighted by molar-refractivity contribution is 7.80. The Bertz CT molecular complexity index is 750. The van der Waals surface area contributed by atoms with Crippen molar-refractivity contribution in [2.75, 3.05) is 12.4 Å². The first kappa shape index (κ1) is 17.1. The van der Waals surface area contributed by atoms with Crippen molar-refractivity contribution in [3.8, 4) is 11.5 Å². The number of hydrogen-bond donors (Lipinski definition) is 3. The van der Waals surface area contributed by atoms with E-state index in [0.717, 1.165) is 5.69 Å². The maximum Gasteiger partial charge on any atom is 0.191 e. The quantitative estimate of drug-likeness (QED) is 0.445. The molecule has 0 bridgehead atoms. The van der Waals surface area contributed by atoms with E-state index in [-0.39, 0.29) is 5.75 Å². The van der Waals surface area contributed by atoms with Crippen LogP contribution in [-0.4, -0.2) is 23.0 Å². The lowest BCUT2D eigenvalue weighted by Crippen LogP contribution is -2.25. The molecule has 0 heterocycles. The van der Waals surface area contributed by atoms with Gasteiger partial charge in [0.2, 0.25) is 0 Å². The maximum atomic E-state index is 9.84. The van der Waals surface area contributed by atoms with E-state index in [1.165, 1.54) is 6.07 Å². The van der Waals surface area contributed by atoms with Crippen molar-refractivity contribution in [2.45, 2.75) is 6.92 Å². The minimum absolute atomic E-state index is 0.0982. The number of hydrogen-bond acceptors (Lipinski definition) is 4. The molecule has 0 spiro atoms. The average molecular weight is 350 g/mol. The van der Waals surface area contributed by atoms with Crippen molar-refractivity contribution < 1.29 is 9.84 Å². The molecule has 3 N–H and O–H groups in total. The molecule has 2 rings (SSSR count). The molecule has 0 aliphatic carbocycles. The predicted molar refractivity (Wildman–Crippen MR) is 97.7 cm³/mol. The number of nitrogens with one attached hydrogen (secondary N) is 2. The number of ether oxygens (including phenoxy) is 1. The second-order valence-corrected chi connectivity index (χ2v) is 5.47. The van der Waals surface area contributed by atoms with Crippen LogP contribution in [0.2, 0.25) is 5.02 Å². The predicted octanol–water partition coefficient (Wildman–Crippen LogP) is 3.76. The Hall–Kier alpha value is -2.31. The molecular weight excluding hydrogens is 334 g/mol. The van der Waals surface area contributed by atoms with E-state index in [1.807, 2.05) is 24.3 Å². The number of nitrogens with zero attached hydrogens (tertiary/aromatic N) is 1. The Morgan fingerprint density at radius 2 is 2.00 bits per heavy atom. The van der Waals surface area contributed by atoms with Crippen molar-refractivity contribution in [1.29, 1.82) is 0 Å². The Kier molecular flexibility index (Phi) is 5.78. The van der Waals surface area contributed by atoms with Crippen LogP contribution in [0.4, 0.5) is 5.69 Å². The van der Waals surface area contributed by atoms with Gasteiger partial charge in [-0.15, -0.1) is 0 Å². The average Bonchev–Trinajstić information content (AvgIpc) is 2.55. The molecule has 0 amide bonds. The molecule has 0 aliphatic rings. The van der Waals surface area contributed by atoms with Crippen LogP contribution in [0.1, 0.15) is 12.5 Å². The van der Waals surface area contributed by atoms with Crippen LogP contribution in [0, 0.1) is 0 Å². The summed E-state index contributed by atoms with van der Waals surface area (Å²) in [5.74, 6) is 0.769. The van der Waals surface area contributed by atoms with Crippen LogP contribution in [-0.2, 0) is 0 Å². The zero-order chi connectivity index (χ0) is 16.8. The van der Waals surface area contributed by atoms with Gasteiger partial charge in [-0.2, -0.15) is 5.10 Å². The van der Waals surface area contributed by atoms with Crippen LogP contribution >= 0.6 is 23.8 Å². The first-order chi connectivity index (χ1) is 11.0. The van der Waals surface area contributed by atoms with Gasteiger partial charge in [0, 0.05) is 10.6 Å². The Balaban J connectivity index is 2.07. The summed E-state index contributed by atoms with van der Waals surface area (Å²) in [5, 5.41) is 17.8. The third-order valence-corrected chi connectivity index (χ3v) is 3.46. The SMILES string of the molecule is COc1ccccc1NC(=S)N/N=C(\C)c1cc(Cl)ccc1O. The highest BCUT2D eigenvalue weighted by atomic mass is 35.5. The van der Waals surface area contributed by atoms with Crippen LogP contribution in [0.15, 0.2) is 47.6 Å². The topological polar surface area (TPSA) is 65.9 Å². The molecule has 0 atom stereocenters. The van der Waals surface area contributed by atoms with Gasteiger partial charge in [0.1, 0.15) is 11.5 Å². The minimum atomic E-state index is 0.0982. The molecule has 0 unspecified atom stereocenters. The van der Waals surface area contributed by atoms with Crippen molar-refractivity contribution in [2.24, 2.45) is 5.10 Å². The molecule has 23 heavy (non-hydrogen) atoms. The van der Waals surface area contributed by atoms with E-state index in [1.54, 1.807) is 26.2 Å². The smallest absolute Gasteiger partial charge is 0.191 e. The number of phenols is 1. The molecule has 2 aromatic carbocycles. The fourth-order valence-electron chi connectivity index (χ4n) is 1.89. The first-order valence-electron chi connectivity index (χ1n) is 6.74. The number of methoxy groups -OCH3 is 1. The zero-order valence-electron chi connectivity index (χ0n) is 12.6. The van der Waals surface area contributed by atoms with E-state index < -0.39 is 0 Å². The Morgan fingerprint density at radius 3 is 2.74 bits per heavy atom. The number of para-hydroxylation sites is 2. The van der Waals surface area contributed by atoms with Crippen LogP contribution in [0.5, 0.6) is 11.5 Å². The lowest BCUT2D eigenvalue weighted by atomic mass is 10.1. The normalized spacial score (nSPS) is 11.0. The summed E-state index contributed by atoms with van der Waals surface area (Å²) < 4.78 is 5.24. The number of hydrazone groups is 1. The molecule has 0 fully saturated rings. The van der Waals surface area contributed by atoms with Gasteiger partial charge in [-0.1, -0.05) is 23.7 Å². The second-order valence-electron chi connectivity index (χ2n) is 4.62. The summed E-state index contributed by atoms with van der Waals surface area (Å²) in [6.07, 6.45) is 0. The third kappa shape index (κ3) is 4.58. The number of thiocarbonyl (C=S) groups is 1. The summed E-state index contributed by atoms with van der Waals surface area (Å²) in [5.41, 5.74) is 4.54. The van der Waals surface area contributed by atoms with Gasteiger partial charge in [-0.25, -0.2) is 0 Å². The summed E-state index contributed by atoms with van der Waals surface area (Å²) in [6.45, 7) is 1.74. The summed E-state index contributed by atoms with van der Waals surface area (Å²) >= 11 is 11.1. The monoisotopic (exact) mass is 349 g/mol. The highest BCUT2D eigenvalue weighted by Crippen LogP contribution is 2.23. The molecule has 0 saturated carbocycles. The van der Waals surface area contributed by atoms with E-state index in [2.05, 4.69) is 15.8 Å². The van der Waals surface area contributed by atoms with Gasteiger partial charge in [0.05, 0.1) is 18.5 Å². The maximum absolute atomic E-state index is 9.84. The largest absolute Gasteiger partial charge is 0.507 e. The van der Waals surface area contributed by atoms with Gasteiger partial charge in [-0.3, -0.25) is 5.43 Å². The minimum Gasteiger partial charge on any atom is -0.507 e. The van der Waals surface area contributed by atoms with Crippen LogP contribution in [0.25, 0.3) is 0 Å². The van der Waals surface area contributed by atoms with Gasteiger partial charge in [-0.05, 0) is 49.5 Å². The van der Waals surface area contributed by atoms with Crippen molar-refractivity contribution in [3.63, 3.8) is 0 Å². The number of anilines is 1. The number of benzene rings is 2. The molecule has 2 aromatic rings. The Labute approximate surface area is 144 Å². The van der Waals surface area contributed by atoms with E-state index in [0.29, 0.717) is 27.2 Å². The van der Waals surface area contributed by atoms with Gasteiger partial charge in [0.15, 0.2) is 5.11 Å². The second kappa shape index (κ2) is 7.80. The van der Waals surface area contributed by atoms with Gasteiger partial charge in [0.25, 0.3) is 0 Å². The highest BCUT2D eigenvalue weighted by Gasteiger charge is 2.07. The standard InChI is InChI=1S/C16H16ClN3O2S/c1-10(12-9-11(17)7-8-14(12)21)19-20-16(23)18-13-5-3-4-6-15(13)22-2/h3-9,21H,1-2H3,(H2,18,20,23)/b19-10+. The van der Waals surface area contributed by atoms with Crippen LogP contribution < -0.4 is 15.5 Å². The molecule has 120 valence electrons.